The second-order valence-corrected chi connectivity index (χ2v) is 13.4. The number of ether oxygens (including phenoxy) is 2. The van der Waals surface area contributed by atoms with Crippen LogP contribution in [0.4, 0.5) is 0 Å². The average molecular weight is 493 g/mol. The van der Waals surface area contributed by atoms with Crippen LogP contribution < -0.4 is 4.74 Å². The molecule has 1 aliphatic heterocycles. The van der Waals surface area contributed by atoms with Gasteiger partial charge in [0.2, 0.25) is 0 Å². The Morgan fingerprint density at radius 3 is 2.86 bits per heavy atom. The SMILES string of the molecule is COc1ccc2cn(CC(=O)[C@H]3CCC4[C@@H]5C[C@H]6OC[C@@]7(CC[C@](C)(O)CC67)C5CC[C@@]43C)nc2c1. The fourth-order valence-electron chi connectivity index (χ4n) is 9.98. The minimum atomic E-state index is -0.538. The van der Waals surface area contributed by atoms with E-state index in [4.69, 9.17) is 9.47 Å². The number of Topliss-reactive ketones (excluding diaryl/α,β-unsaturated/α-hetero) is 1. The smallest absolute Gasteiger partial charge is 0.157 e. The lowest BCUT2D eigenvalue weighted by Crippen LogP contribution is -2.58. The maximum absolute atomic E-state index is 13.7. The Morgan fingerprint density at radius 1 is 1.17 bits per heavy atom. The zero-order valence-electron chi connectivity index (χ0n) is 21.9. The van der Waals surface area contributed by atoms with E-state index in [9.17, 15) is 9.90 Å². The maximum atomic E-state index is 13.7. The number of rotatable bonds is 4. The first-order valence-corrected chi connectivity index (χ1v) is 14.1. The van der Waals surface area contributed by atoms with E-state index in [2.05, 4.69) is 12.0 Å². The lowest BCUT2D eigenvalue weighted by molar-refractivity contribution is -0.145. The van der Waals surface area contributed by atoms with E-state index in [1.54, 1.807) is 7.11 Å². The van der Waals surface area contributed by atoms with Crippen LogP contribution in [0.3, 0.4) is 0 Å². The van der Waals surface area contributed by atoms with Crippen LogP contribution in [-0.4, -0.2) is 46.1 Å². The minimum absolute atomic E-state index is 0.0805. The molecule has 4 aliphatic carbocycles. The number of ketones is 1. The van der Waals surface area contributed by atoms with Crippen LogP contribution in [0.5, 0.6) is 5.75 Å². The van der Waals surface area contributed by atoms with Gasteiger partial charge in [-0.15, -0.1) is 0 Å². The van der Waals surface area contributed by atoms with Gasteiger partial charge in [-0.05, 0) is 99.5 Å². The lowest BCUT2D eigenvalue weighted by Gasteiger charge is -2.60. The number of aliphatic hydroxyl groups is 1. The molecule has 194 valence electrons. The van der Waals surface area contributed by atoms with Crippen LogP contribution in [0.2, 0.25) is 0 Å². The van der Waals surface area contributed by atoms with Crippen molar-refractivity contribution in [1.29, 1.82) is 0 Å². The molecule has 0 amide bonds. The lowest BCUT2D eigenvalue weighted by atomic mass is 9.44. The zero-order valence-corrected chi connectivity index (χ0v) is 21.9. The van der Waals surface area contributed by atoms with E-state index >= 15 is 0 Å². The highest BCUT2D eigenvalue weighted by Gasteiger charge is 2.67. The molecule has 1 aromatic heterocycles. The summed E-state index contributed by atoms with van der Waals surface area (Å²) in [5.74, 6) is 3.72. The predicted molar refractivity (Wildman–Crippen MR) is 137 cm³/mol. The van der Waals surface area contributed by atoms with Crippen molar-refractivity contribution in [2.45, 2.75) is 83.5 Å². The van der Waals surface area contributed by atoms with E-state index < -0.39 is 5.60 Å². The van der Waals surface area contributed by atoms with Gasteiger partial charge in [-0.3, -0.25) is 9.48 Å². The van der Waals surface area contributed by atoms with Crippen molar-refractivity contribution >= 4 is 16.7 Å². The highest BCUT2D eigenvalue weighted by molar-refractivity contribution is 5.84. The Kier molecular flexibility index (Phi) is 5.03. The molecule has 2 aromatic rings. The molecule has 6 heteroatoms. The van der Waals surface area contributed by atoms with Crippen LogP contribution >= 0.6 is 0 Å². The van der Waals surface area contributed by atoms with E-state index in [1.165, 1.54) is 6.42 Å². The number of carbonyl (C=O) groups excluding carboxylic acids is 1. The van der Waals surface area contributed by atoms with Crippen molar-refractivity contribution in [3.8, 4) is 5.75 Å². The monoisotopic (exact) mass is 492 g/mol. The average Bonchev–Trinajstić information content (AvgIpc) is 3.48. The summed E-state index contributed by atoms with van der Waals surface area (Å²) in [4.78, 5) is 13.7. The highest BCUT2D eigenvalue weighted by Crippen LogP contribution is 2.70. The molecule has 1 aromatic carbocycles. The summed E-state index contributed by atoms with van der Waals surface area (Å²) in [6.45, 7) is 5.69. The van der Waals surface area contributed by atoms with Crippen LogP contribution in [0.1, 0.15) is 65.2 Å². The van der Waals surface area contributed by atoms with E-state index in [0.29, 0.717) is 42.1 Å². The third kappa shape index (κ3) is 3.22. The van der Waals surface area contributed by atoms with Crippen molar-refractivity contribution in [3.63, 3.8) is 0 Å². The van der Waals surface area contributed by atoms with Crippen LogP contribution in [0.15, 0.2) is 24.4 Å². The van der Waals surface area contributed by atoms with Crippen LogP contribution in [0.25, 0.3) is 10.9 Å². The molecular formula is C30H40N2O4. The number of hydrogen-bond acceptors (Lipinski definition) is 5. The summed E-state index contributed by atoms with van der Waals surface area (Å²) >= 11 is 0. The maximum Gasteiger partial charge on any atom is 0.157 e. The molecule has 1 N–H and O–H groups in total. The van der Waals surface area contributed by atoms with Gasteiger partial charge in [0.15, 0.2) is 5.78 Å². The van der Waals surface area contributed by atoms with Crippen LogP contribution in [0, 0.1) is 40.4 Å². The van der Waals surface area contributed by atoms with E-state index in [-0.39, 0.29) is 16.7 Å². The molecule has 6 nitrogen and oxygen atoms in total. The summed E-state index contributed by atoms with van der Waals surface area (Å²) in [6, 6.07) is 5.88. The second-order valence-electron chi connectivity index (χ2n) is 13.4. The van der Waals surface area contributed by atoms with Gasteiger partial charge in [-0.2, -0.15) is 5.10 Å². The molecular weight excluding hydrogens is 452 g/mol. The van der Waals surface area contributed by atoms with Gasteiger partial charge in [0, 0.05) is 29.0 Å². The van der Waals surface area contributed by atoms with Gasteiger partial charge >= 0.3 is 0 Å². The molecule has 2 heterocycles. The molecule has 3 unspecified atom stereocenters. The Labute approximate surface area is 213 Å². The Bertz CT molecular complexity index is 1200. The normalized spacial score (nSPS) is 45.2. The number of methoxy groups -OCH3 is 1. The number of fused-ring (bicyclic) bond motifs is 4. The molecule has 1 saturated heterocycles. The topological polar surface area (TPSA) is 73.6 Å². The van der Waals surface area contributed by atoms with Crippen molar-refractivity contribution in [3.05, 3.63) is 24.4 Å². The summed E-state index contributed by atoms with van der Waals surface area (Å²) < 4.78 is 13.6. The fourth-order valence-corrected chi connectivity index (χ4v) is 9.98. The van der Waals surface area contributed by atoms with Gasteiger partial charge in [-0.25, -0.2) is 0 Å². The standard InChI is InChI=1S/C30H40N2O4/c1-28(34)10-11-30-17-36-27(24(30)14-28)13-20-21-6-7-23(29(21,2)9-8-22(20)30)26(33)16-32-15-18-4-5-19(35-3)12-25(18)31-32/h4-5,12,15,20-24,27,34H,6-11,13-14,16-17H2,1-3H3/t20-,21?,22?,23+,24?,27+,28-,29-,30-/m0/s1. The first-order chi connectivity index (χ1) is 17.2. The van der Waals surface area contributed by atoms with Crippen molar-refractivity contribution in [1.82, 2.24) is 9.78 Å². The van der Waals surface area contributed by atoms with Gasteiger partial charge < -0.3 is 14.6 Å². The molecule has 7 rings (SSSR count). The first-order valence-electron chi connectivity index (χ1n) is 14.1. The molecule has 5 aliphatic rings. The molecule has 0 spiro atoms. The molecule has 36 heavy (non-hydrogen) atoms. The Hall–Kier alpha value is -1.92. The zero-order chi connectivity index (χ0) is 24.9. The molecule has 5 fully saturated rings. The summed E-state index contributed by atoms with van der Waals surface area (Å²) in [5.41, 5.74) is 0.673. The largest absolute Gasteiger partial charge is 0.497 e. The molecule has 0 radical (unpaired) electrons. The Morgan fingerprint density at radius 2 is 2.03 bits per heavy atom. The van der Waals surface area contributed by atoms with E-state index in [0.717, 1.165) is 68.2 Å². The second kappa shape index (κ2) is 7.80. The Balaban J connectivity index is 1.11. The highest BCUT2D eigenvalue weighted by atomic mass is 16.5. The fraction of sp³-hybridized carbons (Fsp3) is 0.733. The number of benzene rings is 1. The molecule has 2 bridgehead atoms. The van der Waals surface area contributed by atoms with Crippen LogP contribution in [-0.2, 0) is 16.1 Å². The van der Waals surface area contributed by atoms with Gasteiger partial charge in [0.1, 0.15) is 5.75 Å². The minimum Gasteiger partial charge on any atom is -0.497 e. The number of aromatic nitrogens is 2. The van der Waals surface area contributed by atoms with Crippen molar-refractivity contribution in [2.75, 3.05) is 13.7 Å². The predicted octanol–water partition coefficient (Wildman–Crippen LogP) is 5.01. The van der Waals surface area contributed by atoms with E-state index in [1.807, 2.05) is 36.0 Å². The van der Waals surface area contributed by atoms with Crippen molar-refractivity contribution in [2.24, 2.45) is 40.4 Å². The number of hydrogen-bond donors (Lipinski definition) is 1. The van der Waals surface area contributed by atoms with Gasteiger partial charge in [-0.1, -0.05) is 6.92 Å². The number of carbonyl (C=O) groups is 1. The quantitative estimate of drug-likeness (QED) is 0.649. The summed E-state index contributed by atoms with van der Waals surface area (Å²) in [5, 5.41) is 16.6. The third-order valence-electron chi connectivity index (χ3n) is 11.7. The number of nitrogens with zero attached hydrogens (tertiary/aromatic N) is 2. The summed E-state index contributed by atoms with van der Waals surface area (Å²) in [7, 11) is 1.66. The molecule has 9 atom stereocenters. The third-order valence-corrected chi connectivity index (χ3v) is 11.7. The molecule has 4 saturated carbocycles. The van der Waals surface area contributed by atoms with Gasteiger partial charge in [0.25, 0.3) is 0 Å². The summed E-state index contributed by atoms with van der Waals surface area (Å²) in [6.07, 6.45) is 10.8. The van der Waals surface area contributed by atoms with Gasteiger partial charge in [0.05, 0.1) is 37.5 Å². The first kappa shape index (κ1) is 23.2. The van der Waals surface area contributed by atoms with Crippen molar-refractivity contribution < 1.29 is 19.4 Å².